The zero-order chi connectivity index (χ0) is 18.7. The highest BCUT2D eigenvalue weighted by Gasteiger charge is 2.48. The summed E-state index contributed by atoms with van der Waals surface area (Å²) in [5, 5.41) is 0.906. The average Bonchev–Trinajstić information content (AvgIpc) is 2.56. The predicted octanol–water partition coefficient (Wildman–Crippen LogP) is 1.99. The molecule has 0 aliphatic rings. The molecule has 144 valence electrons. The summed E-state index contributed by atoms with van der Waals surface area (Å²) in [4.78, 5) is 0. The topological polar surface area (TPSA) is 55.4 Å². The Morgan fingerprint density at radius 3 is 1.36 bits per heavy atom. The molecular weight excluding hydrogens is 340 g/mol. The summed E-state index contributed by atoms with van der Waals surface area (Å²) >= 11 is 0. The lowest BCUT2D eigenvalue weighted by Crippen LogP contribution is -2.61. The second-order valence-electron chi connectivity index (χ2n) is 6.07. The first-order chi connectivity index (χ1) is 12.0. The molecule has 0 bridgehead atoms. The van der Waals surface area contributed by atoms with Gasteiger partial charge in [-0.15, -0.1) is 0 Å². The van der Waals surface area contributed by atoms with Gasteiger partial charge < -0.3 is 27.5 Å². The van der Waals surface area contributed by atoms with E-state index in [4.69, 9.17) is 27.5 Å². The lowest BCUT2D eigenvalue weighted by molar-refractivity contribution is -0.0410. The summed E-state index contributed by atoms with van der Waals surface area (Å²) in [5.41, 5.74) is 0. The van der Waals surface area contributed by atoms with Gasteiger partial charge in [0.1, 0.15) is 0 Å². The lowest BCUT2D eigenvalue weighted by Gasteiger charge is -2.36. The van der Waals surface area contributed by atoms with Gasteiger partial charge in [0.2, 0.25) is 0 Å². The number of rotatable bonds is 13. The SMILES string of the molecule is COCC(C)O[Si](OC(C)COC)(OC(C)COC)c1ccccc1. The van der Waals surface area contributed by atoms with Crippen molar-refractivity contribution in [1.29, 1.82) is 0 Å². The molecule has 3 atom stereocenters. The van der Waals surface area contributed by atoms with Crippen LogP contribution in [0.15, 0.2) is 30.3 Å². The van der Waals surface area contributed by atoms with Crippen LogP contribution in [0.3, 0.4) is 0 Å². The number of hydrogen-bond acceptors (Lipinski definition) is 6. The van der Waals surface area contributed by atoms with E-state index in [1.807, 2.05) is 51.1 Å². The Bertz CT molecular complexity index is 422. The molecule has 0 aliphatic heterocycles. The zero-order valence-corrected chi connectivity index (χ0v) is 17.2. The summed E-state index contributed by atoms with van der Waals surface area (Å²) in [6.07, 6.45) is -0.538. The fraction of sp³-hybridized carbons (Fsp3) is 0.667. The van der Waals surface area contributed by atoms with Gasteiger partial charge in [0.15, 0.2) is 0 Å². The van der Waals surface area contributed by atoms with Crippen molar-refractivity contribution >= 4 is 14.0 Å². The highest BCUT2D eigenvalue weighted by molar-refractivity contribution is 6.75. The maximum absolute atomic E-state index is 6.36. The van der Waals surface area contributed by atoms with E-state index in [1.54, 1.807) is 21.3 Å². The van der Waals surface area contributed by atoms with Crippen molar-refractivity contribution in [3.8, 4) is 0 Å². The Morgan fingerprint density at radius 2 is 1.04 bits per heavy atom. The smallest absolute Gasteiger partial charge is 0.382 e. The number of methoxy groups -OCH3 is 3. The summed E-state index contributed by atoms with van der Waals surface area (Å²) in [6.45, 7) is 7.19. The summed E-state index contributed by atoms with van der Waals surface area (Å²) in [5.74, 6) is 0. The van der Waals surface area contributed by atoms with Crippen LogP contribution < -0.4 is 5.19 Å². The minimum Gasteiger partial charge on any atom is -0.382 e. The van der Waals surface area contributed by atoms with Crippen molar-refractivity contribution in [1.82, 2.24) is 0 Å². The molecule has 0 radical (unpaired) electrons. The first kappa shape index (κ1) is 22.2. The van der Waals surface area contributed by atoms with Gasteiger partial charge in [-0.25, -0.2) is 0 Å². The summed E-state index contributed by atoms with van der Waals surface area (Å²) in [6, 6.07) is 9.82. The Balaban J connectivity index is 3.19. The third-order valence-corrected chi connectivity index (χ3v) is 6.58. The minimum absolute atomic E-state index is 0.179. The molecular formula is C18H32O6Si. The zero-order valence-electron chi connectivity index (χ0n) is 16.2. The lowest BCUT2D eigenvalue weighted by atomic mass is 10.4. The molecule has 25 heavy (non-hydrogen) atoms. The van der Waals surface area contributed by atoms with Gasteiger partial charge in [0.05, 0.1) is 38.1 Å². The normalized spacial score (nSPS) is 17.7. The Labute approximate surface area is 152 Å². The predicted molar refractivity (Wildman–Crippen MR) is 99.1 cm³/mol. The summed E-state index contributed by atoms with van der Waals surface area (Å²) in [7, 11) is 1.73. The fourth-order valence-corrected chi connectivity index (χ4v) is 5.50. The highest BCUT2D eigenvalue weighted by atomic mass is 28.4. The van der Waals surface area contributed by atoms with Gasteiger partial charge in [-0.3, -0.25) is 0 Å². The molecule has 3 unspecified atom stereocenters. The van der Waals surface area contributed by atoms with E-state index in [9.17, 15) is 0 Å². The molecule has 0 saturated heterocycles. The molecule has 1 aromatic rings. The highest BCUT2D eigenvalue weighted by Crippen LogP contribution is 2.19. The molecule has 6 nitrogen and oxygen atoms in total. The molecule has 0 saturated carbocycles. The van der Waals surface area contributed by atoms with E-state index in [0.29, 0.717) is 19.8 Å². The fourth-order valence-electron chi connectivity index (χ4n) is 2.53. The van der Waals surface area contributed by atoms with Crippen molar-refractivity contribution in [2.45, 2.75) is 39.1 Å². The average molecular weight is 373 g/mol. The Hall–Kier alpha value is -0.803. The van der Waals surface area contributed by atoms with Crippen LogP contribution in [0.2, 0.25) is 0 Å². The van der Waals surface area contributed by atoms with E-state index in [-0.39, 0.29) is 18.3 Å². The van der Waals surface area contributed by atoms with Crippen molar-refractivity contribution in [3.05, 3.63) is 30.3 Å². The van der Waals surface area contributed by atoms with Crippen LogP contribution in [0.4, 0.5) is 0 Å². The van der Waals surface area contributed by atoms with Crippen molar-refractivity contribution < 1.29 is 27.5 Å². The minimum atomic E-state index is -3.21. The standard InChI is InChI=1S/C18H32O6Si/c1-15(12-19-4)22-25(23-16(2)13-20-5,24-17(3)14-21-6)18-10-8-7-9-11-18/h7-11,15-17H,12-14H2,1-6H3. The number of hydrogen-bond donors (Lipinski definition) is 0. The van der Waals surface area contributed by atoms with Crippen LogP contribution >= 0.6 is 0 Å². The van der Waals surface area contributed by atoms with Crippen LogP contribution in [0.5, 0.6) is 0 Å². The van der Waals surface area contributed by atoms with Gasteiger partial charge >= 0.3 is 8.80 Å². The van der Waals surface area contributed by atoms with Crippen LogP contribution in [-0.2, 0) is 27.5 Å². The number of benzene rings is 1. The van der Waals surface area contributed by atoms with E-state index in [0.717, 1.165) is 5.19 Å². The van der Waals surface area contributed by atoms with Gasteiger partial charge in [-0.2, -0.15) is 0 Å². The summed E-state index contributed by atoms with van der Waals surface area (Å²) < 4.78 is 34.8. The van der Waals surface area contributed by atoms with E-state index < -0.39 is 8.80 Å². The van der Waals surface area contributed by atoms with Crippen molar-refractivity contribution in [2.24, 2.45) is 0 Å². The van der Waals surface area contributed by atoms with E-state index in [2.05, 4.69) is 0 Å². The molecule has 0 fully saturated rings. The van der Waals surface area contributed by atoms with Gasteiger partial charge in [-0.05, 0) is 20.8 Å². The molecule has 0 amide bonds. The molecule has 1 rings (SSSR count). The monoisotopic (exact) mass is 372 g/mol. The third kappa shape index (κ3) is 7.53. The maximum atomic E-state index is 6.36. The quantitative estimate of drug-likeness (QED) is 0.494. The van der Waals surface area contributed by atoms with Crippen LogP contribution in [0.25, 0.3) is 0 Å². The Kier molecular flexibility index (Phi) is 10.4. The third-order valence-electron chi connectivity index (χ3n) is 3.40. The number of ether oxygens (including phenoxy) is 3. The largest absolute Gasteiger partial charge is 0.538 e. The first-order valence-electron chi connectivity index (χ1n) is 8.53. The van der Waals surface area contributed by atoms with E-state index in [1.165, 1.54) is 0 Å². The molecule has 0 aliphatic carbocycles. The second-order valence-corrected chi connectivity index (χ2v) is 8.47. The van der Waals surface area contributed by atoms with Gasteiger partial charge in [0, 0.05) is 26.5 Å². The van der Waals surface area contributed by atoms with E-state index >= 15 is 0 Å². The van der Waals surface area contributed by atoms with Crippen LogP contribution in [-0.4, -0.2) is 68.3 Å². The molecule has 0 N–H and O–H groups in total. The van der Waals surface area contributed by atoms with Crippen molar-refractivity contribution in [2.75, 3.05) is 41.2 Å². The first-order valence-corrected chi connectivity index (χ1v) is 10.3. The molecule has 1 aromatic carbocycles. The molecule has 0 aromatic heterocycles. The van der Waals surface area contributed by atoms with Gasteiger partial charge in [0.25, 0.3) is 0 Å². The van der Waals surface area contributed by atoms with Crippen LogP contribution in [0.1, 0.15) is 20.8 Å². The van der Waals surface area contributed by atoms with Crippen LogP contribution in [0, 0.1) is 0 Å². The molecule has 0 spiro atoms. The molecule has 0 heterocycles. The Morgan fingerprint density at radius 1 is 0.680 bits per heavy atom. The molecule has 7 heteroatoms. The maximum Gasteiger partial charge on any atom is 0.538 e. The van der Waals surface area contributed by atoms with Crippen molar-refractivity contribution in [3.63, 3.8) is 0 Å². The second kappa shape index (κ2) is 11.7. The van der Waals surface area contributed by atoms with Gasteiger partial charge in [-0.1, -0.05) is 30.3 Å².